The highest BCUT2D eigenvalue weighted by molar-refractivity contribution is 7.80. The summed E-state index contributed by atoms with van der Waals surface area (Å²) < 4.78 is 0. The van der Waals surface area contributed by atoms with Crippen LogP contribution in [0.25, 0.3) is 0 Å². The first-order valence-corrected chi connectivity index (χ1v) is 7.66. The van der Waals surface area contributed by atoms with E-state index in [1.165, 1.54) is 18.5 Å². The lowest BCUT2D eigenvalue weighted by Crippen LogP contribution is -2.17. The normalized spacial score (nSPS) is 14.2. The molecule has 0 spiro atoms. The Bertz CT molecular complexity index is 631. The van der Waals surface area contributed by atoms with Crippen molar-refractivity contribution in [3.8, 4) is 0 Å². The van der Waals surface area contributed by atoms with Crippen molar-refractivity contribution in [1.82, 2.24) is 0 Å². The van der Waals surface area contributed by atoms with Crippen LogP contribution in [-0.4, -0.2) is 18.1 Å². The maximum Gasteiger partial charge on any atom is 0.106 e. The summed E-state index contributed by atoms with van der Waals surface area (Å²) in [5, 5.41) is 3.39. The zero-order valence-electron chi connectivity index (χ0n) is 11.9. The second-order valence-corrected chi connectivity index (χ2v) is 5.72. The minimum Gasteiger partial charge on any atom is -0.389 e. The Morgan fingerprint density at radius 3 is 2.33 bits per heavy atom. The fourth-order valence-electron chi connectivity index (χ4n) is 2.69. The third-order valence-corrected chi connectivity index (χ3v) is 4.03. The largest absolute Gasteiger partial charge is 0.389 e. The van der Waals surface area contributed by atoms with E-state index in [9.17, 15) is 0 Å². The van der Waals surface area contributed by atoms with E-state index in [4.69, 9.17) is 18.0 Å². The van der Waals surface area contributed by atoms with Crippen LogP contribution in [0.2, 0.25) is 0 Å². The van der Waals surface area contributed by atoms with Gasteiger partial charge in [0.15, 0.2) is 0 Å². The molecule has 3 N–H and O–H groups in total. The highest BCUT2D eigenvalue weighted by Crippen LogP contribution is 2.25. The van der Waals surface area contributed by atoms with Crippen LogP contribution in [0.4, 0.5) is 17.1 Å². The van der Waals surface area contributed by atoms with Gasteiger partial charge in [-0.1, -0.05) is 24.4 Å². The smallest absolute Gasteiger partial charge is 0.106 e. The predicted octanol–water partition coefficient (Wildman–Crippen LogP) is 3.66. The molecule has 0 unspecified atom stereocenters. The number of nitrogens with two attached hydrogens (primary N) is 1. The Morgan fingerprint density at radius 1 is 1.00 bits per heavy atom. The van der Waals surface area contributed by atoms with Gasteiger partial charge in [0.25, 0.3) is 0 Å². The Labute approximate surface area is 130 Å². The van der Waals surface area contributed by atoms with Gasteiger partial charge in [0.2, 0.25) is 0 Å². The SMILES string of the molecule is NC(=S)c1ccccc1Nc1ccc(N2CCCC2)cc1. The summed E-state index contributed by atoms with van der Waals surface area (Å²) in [5.74, 6) is 0. The lowest BCUT2D eigenvalue weighted by Gasteiger charge is -2.18. The van der Waals surface area contributed by atoms with E-state index in [-0.39, 0.29) is 0 Å². The molecule has 0 saturated carbocycles. The van der Waals surface area contributed by atoms with E-state index in [0.717, 1.165) is 30.0 Å². The Morgan fingerprint density at radius 2 is 1.67 bits per heavy atom. The number of nitrogens with one attached hydrogen (secondary N) is 1. The summed E-state index contributed by atoms with van der Waals surface area (Å²) in [6.45, 7) is 2.33. The molecule has 2 aromatic carbocycles. The average molecular weight is 297 g/mol. The highest BCUT2D eigenvalue weighted by Gasteiger charge is 2.12. The van der Waals surface area contributed by atoms with Crippen molar-refractivity contribution in [3.63, 3.8) is 0 Å². The van der Waals surface area contributed by atoms with E-state index < -0.39 is 0 Å². The second kappa shape index (κ2) is 6.14. The van der Waals surface area contributed by atoms with Crippen molar-refractivity contribution in [3.05, 3.63) is 54.1 Å². The summed E-state index contributed by atoms with van der Waals surface area (Å²) in [6.07, 6.45) is 2.59. The van der Waals surface area contributed by atoms with Crippen molar-refractivity contribution in [1.29, 1.82) is 0 Å². The maximum absolute atomic E-state index is 5.76. The highest BCUT2D eigenvalue weighted by atomic mass is 32.1. The molecule has 3 nitrogen and oxygen atoms in total. The molecule has 0 radical (unpaired) electrons. The molecule has 1 heterocycles. The molecule has 1 fully saturated rings. The van der Waals surface area contributed by atoms with E-state index in [2.05, 4.69) is 34.5 Å². The number of para-hydroxylation sites is 1. The molecule has 3 rings (SSSR count). The first-order valence-electron chi connectivity index (χ1n) is 7.25. The van der Waals surface area contributed by atoms with Crippen LogP contribution in [0.5, 0.6) is 0 Å². The van der Waals surface area contributed by atoms with Gasteiger partial charge in [-0.25, -0.2) is 0 Å². The molecule has 0 aliphatic carbocycles. The fraction of sp³-hybridized carbons (Fsp3) is 0.235. The van der Waals surface area contributed by atoms with E-state index >= 15 is 0 Å². The third kappa shape index (κ3) is 3.16. The van der Waals surface area contributed by atoms with Crippen LogP contribution in [0.15, 0.2) is 48.5 Å². The van der Waals surface area contributed by atoms with Crippen molar-refractivity contribution in [2.45, 2.75) is 12.8 Å². The first-order chi connectivity index (χ1) is 10.2. The molecule has 0 bridgehead atoms. The van der Waals surface area contributed by atoms with Gasteiger partial charge in [-0.3, -0.25) is 0 Å². The topological polar surface area (TPSA) is 41.3 Å². The predicted molar refractivity (Wildman–Crippen MR) is 93.5 cm³/mol. The van der Waals surface area contributed by atoms with Crippen molar-refractivity contribution in [2.75, 3.05) is 23.3 Å². The lowest BCUT2D eigenvalue weighted by molar-refractivity contribution is 0.949. The zero-order valence-corrected chi connectivity index (χ0v) is 12.7. The lowest BCUT2D eigenvalue weighted by atomic mass is 10.1. The van der Waals surface area contributed by atoms with Crippen LogP contribution < -0.4 is 16.0 Å². The van der Waals surface area contributed by atoms with Gasteiger partial charge >= 0.3 is 0 Å². The number of rotatable bonds is 4. The zero-order chi connectivity index (χ0) is 14.7. The molecule has 0 aromatic heterocycles. The number of benzene rings is 2. The molecule has 0 amide bonds. The molecule has 1 aliphatic rings. The van der Waals surface area contributed by atoms with E-state index in [1.807, 2.05) is 24.3 Å². The van der Waals surface area contributed by atoms with Gasteiger partial charge in [0, 0.05) is 35.7 Å². The Hall–Kier alpha value is -2.07. The van der Waals surface area contributed by atoms with Crippen LogP contribution >= 0.6 is 12.2 Å². The molecule has 1 saturated heterocycles. The third-order valence-electron chi connectivity index (χ3n) is 3.81. The summed E-state index contributed by atoms with van der Waals surface area (Å²) in [5.41, 5.74) is 9.91. The molecule has 108 valence electrons. The van der Waals surface area contributed by atoms with Gasteiger partial charge in [-0.15, -0.1) is 0 Å². The van der Waals surface area contributed by atoms with Crippen molar-refractivity contribution >= 4 is 34.3 Å². The molecule has 21 heavy (non-hydrogen) atoms. The molecule has 0 atom stereocenters. The Balaban J connectivity index is 1.77. The molecule has 1 aliphatic heterocycles. The van der Waals surface area contributed by atoms with Gasteiger partial charge in [-0.05, 0) is 49.2 Å². The molecule has 2 aromatic rings. The van der Waals surface area contributed by atoms with Crippen LogP contribution in [0.3, 0.4) is 0 Å². The van der Waals surface area contributed by atoms with Crippen LogP contribution in [-0.2, 0) is 0 Å². The van der Waals surface area contributed by atoms with E-state index in [0.29, 0.717) is 4.99 Å². The molecule has 4 heteroatoms. The average Bonchev–Trinajstić information content (AvgIpc) is 3.03. The minimum absolute atomic E-state index is 0.409. The number of thiocarbonyl (C=S) groups is 1. The summed E-state index contributed by atoms with van der Waals surface area (Å²) in [6, 6.07) is 16.4. The quantitative estimate of drug-likeness (QED) is 0.845. The second-order valence-electron chi connectivity index (χ2n) is 5.28. The Kier molecular flexibility index (Phi) is 4.06. The number of nitrogens with zero attached hydrogens (tertiary/aromatic N) is 1. The minimum atomic E-state index is 0.409. The summed E-state index contributed by atoms with van der Waals surface area (Å²) in [7, 11) is 0. The van der Waals surface area contributed by atoms with Crippen LogP contribution in [0, 0.1) is 0 Å². The van der Waals surface area contributed by atoms with Gasteiger partial charge in [0.05, 0.1) is 0 Å². The number of hydrogen-bond donors (Lipinski definition) is 2. The van der Waals surface area contributed by atoms with Gasteiger partial charge in [0.1, 0.15) is 4.99 Å². The van der Waals surface area contributed by atoms with Crippen LogP contribution in [0.1, 0.15) is 18.4 Å². The monoisotopic (exact) mass is 297 g/mol. The standard InChI is InChI=1S/C17H19N3S/c18-17(21)15-5-1-2-6-16(15)19-13-7-9-14(10-8-13)20-11-3-4-12-20/h1-2,5-10,19H,3-4,11-12H2,(H2,18,21). The number of anilines is 3. The first kappa shape index (κ1) is 13.9. The maximum atomic E-state index is 5.76. The van der Waals surface area contributed by atoms with E-state index in [1.54, 1.807) is 0 Å². The molecular weight excluding hydrogens is 278 g/mol. The van der Waals surface area contributed by atoms with Gasteiger partial charge in [-0.2, -0.15) is 0 Å². The van der Waals surface area contributed by atoms with Crippen molar-refractivity contribution in [2.24, 2.45) is 5.73 Å². The number of hydrogen-bond acceptors (Lipinski definition) is 3. The molecular formula is C17H19N3S. The summed E-state index contributed by atoms with van der Waals surface area (Å²) in [4.78, 5) is 2.83. The summed E-state index contributed by atoms with van der Waals surface area (Å²) >= 11 is 5.09. The van der Waals surface area contributed by atoms with Crippen molar-refractivity contribution < 1.29 is 0 Å². The van der Waals surface area contributed by atoms with Gasteiger partial charge < -0.3 is 16.0 Å². The fourth-order valence-corrected chi connectivity index (χ4v) is 2.87.